The second kappa shape index (κ2) is 6.74. The van der Waals surface area contributed by atoms with Gasteiger partial charge in [0.25, 0.3) is 0 Å². The summed E-state index contributed by atoms with van der Waals surface area (Å²) in [6, 6.07) is 2.92. The summed E-state index contributed by atoms with van der Waals surface area (Å²) in [5.74, 6) is -0.190. The summed E-state index contributed by atoms with van der Waals surface area (Å²) < 4.78 is 9.80. The molecule has 1 rings (SSSR count). The molecular formula is C11H9Cl3O3. The molecule has 0 saturated carbocycles. The van der Waals surface area contributed by atoms with Crippen molar-refractivity contribution in [2.45, 2.75) is 6.92 Å². The summed E-state index contributed by atoms with van der Waals surface area (Å²) in [5, 5.41) is 0.946. The molecule has 0 radical (unpaired) electrons. The lowest BCUT2D eigenvalue weighted by atomic mass is 10.3. The van der Waals surface area contributed by atoms with E-state index in [2.05, 4.69) is 4.74 Å². The average molecular weight is 296 g/mol. The van der Waals surface area contributed by atoms with Crippen LogP contribution in [-0.4, -0.2) is 12.6 Å². The molecule has 0 spiro atoms. The van der Waals surface area contributed by atoms with Gasteiger partial charge >= 0.3 is 5.97 Å². The normalized spacial score (nSPS) is 10.6. The van der Waals surface area contributed by atoms with Gasteiger partial charge in [0, 0.05) is 6.07 Å². The first kappa shape index (κ1) is 14.2. The lowest BCUT2D eigenvalue weighted by molar-refractivity contribution is -0.137. The van der Waals surface area contributed by atoms with Crippen LogP contribution in [0.2, 0.25) is 15.1 Å². The van der Waals surface area contributed by atoms with Crippen molar-refractivity contribution in [2.24, 2.45) is 0 Å². The molecule has 3 nitrogen and oxygen atoms in total. The SMILES string of the molecule is CCOC(=O)C=COc1cc(Cl)c(Cl)cc1Cl. The molecule has 0 heterocycles. The molecule has 0 aliphatic carbocycles. The topological polar surface area (TPSA) is 35.5 Å². The zero-order valence-electron chi connectivity index (χ0n) is 8.88. The zero-order valence-corrected chi connectivity index (χ0v) is 11.1. The van der Waals surface area contributed by atoms with Crippen LogP contribution in [0.4, 0.5) is 0 Å². The van der Waals surface area contributed by atoms with E-state index in [9.17, 15) is 4.79 Å². The van der Waals surface area contributed by atoms with Crippen LogP contribution in [0.15, 0.2) is 24.5 Å². The predicted molar refractivity (Wildman–Crippen MR) is 67.9 cm³/mol. The molecule has 0 aliphatic heterocycles. The third kappa shape index (κ3) is 4.46. The lowest BCUT2D eigenvalue weighted by Crippen LogP contribution is -1.99. The summed E-state index contributed by atoms with van der Waals surface area (Å²) in [5.41, 5.74) is 0. The third-order valence-corrected chi connectivity index (χ3v) is 2.68. The van der Waals surface area contributed by atoms with E-state index >= 15 is 0 Å². The Balaban J connectivity index is 2.69. The van der Waals surface area contributed by atoms with Crippen molar-refractivity contribution in [1.82, 2.24) is 0 Å². The second-order valence-electron chi connectivity index (χ2n) is 2.87. The highest BCUT2D eigenvalue weighted by Gasteiger charge is 2.06. The fourth-order valence-corrected chi connectivity index (χ4v) is 1.53. The summed E-state index contributed by atoms with van der Waals surface area (Å²) in [6.07, 6.45) is 2.31. The van der Waals surface area contributed by atoms with Crippen LogP contribution >= 0.6 is 34.8 Å². The highest BCUT2D eigenvalue weighted by atomic mass is 35.5. The van der Waals surface area contributed by atoms with Crippen molar-refractivity contribution in [3.05, 3.63) is 39.5 Å². The number of ether oxygens (including phenoxy) is 2. The molecule has 0 unspecified atom stereocenters. The maximum Gasteiger partial charge on any atom is 0.333 e. The van der Waals surface area contributed by atoms with Gasteiger partial charge in [0.2, 0.25) is 0 Å². The number of carbonyl (C=O) groups excluding carboxylic acids is 1. The Morgan fingerprint density at radius 3 is 2.53 bits per heavy atom. The van der Waals surface area contributed by atoms with Crippen molar-refractivity contribution in [1.29, 1.82) is 0 Å². The summed E-state index contributed by atoms with van der Waals surface area (Å²) in [7, 11) is 0. The Morgan fingerprint density at radius 1 is 1.24 bits per heavy atom. The fourth-order valence-electron chi connectivity index (χ4n) is 0.948. The van der Waals surface area contributed by atoms with Crippen LogP contribution in [0.3, 0.4) is 0 Å². The average Bonchev–Trinajstić information content (AvgIpc) is 2.26. The monoisotopic (exact) mass is 294 g/mol. The molecule has 0 atom stereocenters. The molecular weight excluding hydrogens is 286 g/mol. The highest BCUT2D eigenvalue weighted by molar-refractivity contribution is 6.43. The van der Waals surface area contributed by atoms with Gasteiger partial charge in [-0.1, -0.05) is 34.8 Å². The lowest BCUT2D eigenvalue weighted by Gasteiger charge is -2.04. The standard InChI is InChI=1S/C11H9Cl3O3/c1-2-16-11(15)3-4-17-10-6-8(13)7(12)5-9(10)14/h3-6H,2H2,1H3. The van der Waals surface area contributed by atoms with E-state index in [-0.39, 0.29) is 0 Å². The smallest absolute Gasteiger partial charge is 0.333 e. The molecule has 1 aromatic carbocycles. The van der Waals surface area contributed by atoms with E-state index in [1.807, 2.05) is 0 Å². The van der Waals surface area contributed by atoms with Gasteiger partial charge in [-0.25, -0.2) is 4.79 Å². The van der Waals surface area contributed by atoms with Crippen LogP contribution in [0.25, 0.3) is 0 Å². The molecule has 0 saturated heterocycles. The van der Waals surface area contributed by atoms with Crippen molar-refractivity contribution in [3.63, 3.8) is 0 Å². The van der Waals surface area contributed by atoms with Gasteiger partial charge in [0.05, 0.1) is 34.0 Å². The summed E-state index contributed by atoms with van der Waals surface area (Å²) in [4.78, 5) is 11.0. The fraction of sp³-hybridized carbons (Fsp3) is 0.182. The van der Waals surface area contributed by atoms with Gasteiger partial charge < -0.3 is 9.47 Å². The van der Waals surface area contributed by atoms with E-state index in [0.29, 0.717) is 27.4 Å². The van der Waals surface area contributed by atoms with E-state index in [1.54, 1.807) is 6.92 Å². The van der Waals surface area contributed by atoms with Crippen LogP contribution in [0.5, 0.6) is 5.75 Å². The van der Waals surface area contributed by atoms with E-state index in [1.165, 1.54) is 18.4 Å². The molecule has 0 fully saturated rings. The van der Waals surface area contributed by atoms with Crippen LogP contribution in [0, 0.1) is 0 Å². The predicted octanol–water partition coefficient (Wildman–Crippen LogP) is 4.10. The molecule has 0 aromatic heterocycles. The zero-order chi connectivity index (χ0) is 12.8. The van der Waals surface area contributed by atoms with Gasteiger partial charge in [-0.15, -0.1) is 0 Å². The maximum absolute atomic E-state index is 11.0. The second-order valence-corrected chi connectivity index (χ2v) is 4.09. The van der Waals surface area contributed by atoms with Crippen molar-refractivity contribution >= 4 is 40.8 Å². The van der Waals surface area contributed by atoms with Crippen LogP contribution < -0.4 is 4.74 Å². The number of hydrogen-bond acceptors (Lipinski definition) is 3. The first-order chi connectivity index (χ1) is 8.04. The van der Waals surface area contributed by atoms with Gasteiger partial charge in [-0.05, 0) is 13.0 Å². The van der Waals surface area contributed by atoms with Crippen LogP contribution in [-0.2, 0) is 9.53 Å². The Labute approximate surface area is 114 Å². The minimum Gasteiger partial charge on any atom is -0.463 e. The Morgan fingerprint density at radius 2 is 1.88 bits per heavy atom. The third-order valence-electron chi connectivity index (χ3n) is 1.66. The molecule has 6 heteroatoms. The van der Waals surface area contributed by atoms with Gasteiger partial charge in [0.15, 0.2) is 0 Å². The Bertz CT molecular complexity index is 444. The van der Waals surface area contributed by atoms with Gasteiger partial charge in [0.1, 0.15) is 5.75 Å². The number of rotatable bonds is 4. The largest absolute Gasteiger partial charge is 0.463 e. The molecule has 17 heavy (non-hydrogen) atoms. The Kier molecular flexibility index (Phi) is 5.62. The molecule has 0 N–H and O–H groups in total. The van der Waals surface area contributed by atoms with E-state index in [0.717, 1.165) is 6.08 Å². The van der Waals surface area contributed by atoms with Gasteiger partial charge in [-0.3, -0.25) is 0 Å². The van der Waals surface area contributed by atoms with Crippen molar-refractivity contribution in [2.75, 3.05) is 6.61 Å². The number of halogens is 3. The Hall–Kier alpha value is -0.900. The number of esters is 1. The molecule has 1 aromatic rings. The molecule has 0 aliphatic rings. The molecule has 0 bridgehead atoms. The van der Waals surface area contributed by atoms with Crippen molar-refractivity contribution in [3.8, 4) is 5.75 Å². The number of benzene rings is 1. The van der Waals surface area contributed by atoms with E-state index < -0.39 is 5.97 Å². The quantitative estimate of drug-likeness (QED) is 0.363. The summed E-state index contributed by atoms with van der Waals surface area (Å²) >= 11 is 17.4. The molecule has 92 valence electrons. The minimum absolute atomic E-state index is 0.299. The van der Waals surface area contributed by atoms with Crippen LogP contribution in [0.1, 0.15) is 6.92 Å². The summed E-state index contributed by atoms with van der Waals surface area (Å²) in [6.45, 7) is 2.01. The minimum atomic E-state index is -0.497. The first-order valence-corrected chi connectivity index (χ1v) is 5.82. The van der Waals surface area contributed by atoms with E-state index in [4.69, 9.17) is 39.5 Å². The number of hydrogen-bond donors (Lipinski definition) is 0. The highest BCUT2D eigenvalue weighted by Crippen LogP contribution is 2.33. The molecule has 0 amide bonds. The maximum atomic E-state index is 11.0. The number of carbonyl (C=O) groups is 1. The van der Waals surface area contributed by atoms with Gasteiger partial charge in [-0.2, -0.15) is 0 Å². The first-order valence-electron chi connectivity index (χ1n) is 4.69. The van der Waals surface area contributed by atoms with Crippen molar-refractivity contribution < 1.29 is 14.3 Å².